The number of fused-ring (bicyclic) bond motifs is 4. The molecule has 0 unspecified atom stereocenters. The quantitative estimate of drug-likeness (QED) is 0.391. The molecule has 51 heavy (non-hydrogen) atoms. The fourth-order valence-electron chi connectivity index (χ4n) is 8.35. The van der Waals surface area contributed by atoms with Crippen molar-refractivity contribution in [3.63, 3.8) is 0 Å². The van der Waals surface area contributed by atoms with E-state index in [9.17, 15) is 18.0 Å². The Bertz CT molecular complexity index is 1790. The number of piperidine rings is 1. The molecule has 5 aliphatic rings. The number of aryl methyl sites for hydroxylation is 1. The van der Waals surface area contributed by atoms with Crippen LogP contribution in [0, 0.1) is 11.8 Å². The molecule has 2 aliphatic carbocycles. The molecule has 2 amide bonds. The predicted octanol–water partition coefficient (Wildman–Crippen LogP) is 5.63. The summed E-state index contributed by atoms with van der Waals surface area (Å²) in [5.74, 6) is -0.0303. The van der Waals surface area contributed by atoms with Gasteiger partial charge in [0.2, 0.25) is 0 Å². The van der Waals surface area contributed by atoms with E-state index in [2.05, 4.69) is 15.7 Å². The van der Waals surface area contributed by atoms with Gasteiger partial charge >= 0.3 is 6.09 Å². The lowest BCUT2D eigenvalue weighted by Gasteiger charge is -2.46. The molecule has 7 rings (SSSR count). The standard InChI is InChI=1S/C38H48ClN3O8S/c1-37(2)35(43)40-51(45,46)29-10-13-34-32(21-29)42(23-38(24-48-34)16-4-6-25-20-27(39)9-12-31(25)38)22-26-8-11-30(26)33(7-5-19-49-37)50-36(44)41-17-14-28(47-3)15-18-41/h5,7,9-10,12-13,20-21,26,28,30,33H,4,6,8,11,14-19,22-24H2,1-3H3,(H,40,43)/b7-5+/t26-,30+,33-,38-/m0/s1. The zero-order valence-electron chi connectivity index (χ0n) is 29.6. The maximum absolute atomic E-state index is 13.7. The smallest absolute Gasteiger partial charge is 0.410 e. The van der Waals surface area contributed by atoms with E-state index in [1.54, 1.807) is 30.2 Å². The number of methoxy groups -OCH3 is 1. The zero-order valence-corrected chi connectivity index (χ0v) is 31.1. The number of amides is 2. The Balaban J connectivity index is 1.25. The SMILES string of the molecule is COC1CCN(C(=O)O[C@H]2/C=C/COC(C)(C)C(=O)NS(=O)(=O)c3ccc4c(c3)N(C[C@@H]3CC[C@H]32)C[C@@]2(CCCc3cc(Cl)ccc32)CO4)CC1. The largest absolute Gasteiger partial charge is 0.490 e. The number of halogens is 1. The lowest BCUT2D eigenvalue weighted by atomic mass is 9.68. The van der Waals surface area contributed by atoms with Gasteiger partial charge in [0, 0.05) is 49.6 Å². The van der Waals surface area contributed by atoms with Crippen molar-refractivity contribution in [2.75, 3.05) is 51.4 Å². The molecule has 13 heteroatoms. The second kappa shape index (κ2) is 14.2. The summed E-state index contributed by atoms with van der Waals surface area (Å²) in [5, 5.41) is 0.702. The van der Waals surface area contributed by atoms with Crippen LogP contribution in [0.4, 0.5) is 10.5 Å². The monoisotopic (exact) mass is 741 g/mol. The molecule has 276 valence electrons. The summed E-state index contributed by atoms with van der Waals surface area (Å²) in [6.45, 7) is 5.85. The van der Waals surface area contributed by atoms with Crippen LogP contribution in [0.1, 0.15) is 63.5 Å². The molecule has 2 aromatic rings. The molecule has 1 saturated heterocycles. The summed E-state index contributed by atoms with van der Waals surface area (Å²) in [6, 6.07) is 10.9. The number of hydrogen-bond acceptors (Lipinski definition) is 9. The molecule has 2 aromatic carbocycles. The van der Waals surface area contributed by atoms with Crippen molar-refractivity contribution in [3.8, 4) is 5.75 Å². The lowest BCUT2D eigenvalue weighted by molar-refractivity contribution is -0.139. The van der Waals surface area contributed by atoms with Gasteiger partial charge in [-0.05, 0) is 112 Å². The van der Waals surface area contributed by atoms with Gasteiger partial charge in [0.25, 0.3) is 15.9 Å². The number of nitrogens with one attached hydrogen (secondary N) is 1. The minimum Gasteiger partial charge on any atom is -0.490 e. The van der Waals surface area contributed by atoms with E-state index in [1.807, 2.05) is 18.2 Å². The number of carbonyl (C=O) groups is 2. The van der Waals surface area contributed by atoms with Gasteiger partial charge in [-0.25, -0.2) is 17.9 Å². The Kier molecular flexibility index (Phi) is 10.1. The van der Waals surface area contributed by atoms with E-state index in [1.165, 1.54) is 31.0 Å². The van der Waals surface area contributed by atoms with Crippen molar-refractivity contribution in [1.29, 1.82) is 0 Å². The van der Waals surface area contributed by atoms with Crippen LogP contribution < -0.4 is 14.4 Å². The highest BCUT2D eigenvalue weighted by Crippen LogP contribution is 2.47. The number of nitrogens with zero attached hydrogens (tertiary/aromatic N) is 2. The van der Waals surface area contributed by atoms with E-state index in [4.69, 9.17) is 30.5 Å². The van der Waals surface area contributed by atoms with Crippen molar-refractivity contribution in [2.24, 2.45) is 11.8 Å². The first kappa shape index (κ1) is 36.1. The summed E-state index contributed by atoms with van der Waals surface area (Å²) in [7, 11) is -2.54. The van der Waals surface area contributed by atoms with Crippen LogP contribution in [0.15, 0.2) is 53.4 Å². The number of hydrogen-bond donors (Lipinski definition) is 1. The number of benzene rings is 2. The van der Waals surface area contributed by atoms with Gasteiger partial charge in [-0.15, -0.1) is 0 Å². The third-order valence-corrected chi connectivity index (χ3v) is 13.1. The molecule has 1 N–H and O–H groups in total. The van der Waals surface area contributed by atoms with Crippen molar-refractivity contribution in [1.82, 2.24) is 9.62 Å². The molecular formula is C38H48ClN3O8S. The van der Waals surface area contributed by atoms with Gasteiger partial charge in [-0.1, -0.05) is 23.7 Å². The van der Waals surface area contributed by atoms with E-state index in [0.717, 1.165) is 44.9 Å². The first-order valence-electron chi connectivity index (χ1n) is 18.0. The molecular weight excluding hydrogens is 694 g/mol. The summed E-state index contributed by atoms with van der Waals surface area (Å²) in [5.41, 5.74) is 1.25. The molecule has 2 bridgehead atoms. The summed E-state index contributed by atoms with van der Waals surface area (Å²) in [4.78, 5) is 30.8. The van der Waals surface area contributed by atoms with E-state index >= 15 is 0 Å². The van der Waals surface area contributed by atoms with Crippen LogP contribution in [0.25, 0.3) is 0 Å². The third kappa shape index (κ3) is 7.34. The number of likely N-dealkylation sites (tertiary alicyclic amines) is 1. The van der Waals surface area contributed by atoms with Crippen LogP contribution in [-0.2, 0) is 40.9 Å². The van der Waals surface area contributed by atoms with Crippen molar-refractivity contribution in [2.45, 2.75) is 86.9 Å². The third-order valence-electron chi connectivity index (χ3n) is 11.6. The topological polar surface area (TPSA) is 124 Å². The van der Waals surface area contributed by atoms with Gasteiger partial charge in [0.05, 0.1) is 29.9 Å². The molecule has 0 aromatic heterocycles. The first-order chi connectivity index (χ1) is 24.4. The second-order valence-electron chi connectivity index (χ2n) is 15.2. The Labute approximate surface area is 305 Å². The Hall–Kier alpha value is -3.32. The molecule has 3 aliphatic heterocycles. The van der Waals surface area contributed by atoms with Gasteiger partial charge in [0.1, 0.15) is 17.5 Å². The minimum atomic E-state index is -4.24. The number of ether oxygens (including phenoxy) is 4. The average Bonchev–Trinajstić information content (AvgIpc) is 3.24. The van der Waals surface area contributed by atoms with Crippen LogP contribution >= 0.6 is 11.6 Å². The highest BCUT2D eigenvalue weighted by molar-refractivity contribution is 7.90. The summed E-state index contributed by atoms with van der Waals surface area (Å²) in [6.07, 6.45) is 9.03. The second-order valence-corrected chi connectivity index (χ2v) is 17.3. The Morgan fingerprint density at radius 2 is 1.88 bits per heavy atom. The van der Waals surface area contributed by atoms with Crippen molar-refractivity contribution in [3.05, 3.63) is 64.7 Å². The number of sulfonamides is 1. The van der Waals surface area contributed by atoms with E-state index < -0.39 is 27.6 Å². The fraction of sp³-hybridized carbons (Fsp3) is 0.579. The van der Waals surface area contributed by atoms with Crippen LogP contribution in [-0.4, -0.2) is 89.6 Å². The normalized spacial score (nSPS) is 29.7. The molecule has 0 radical (unpaired) electrons. The zero-order chi connectivity index (χ0) is 36.0. The maximum atomic E-state index is 13.7. The maximum Gasteiger partial charge on any atom is 0.410 e. The van der Waals surface area contributed by atoms with E-state index in [-0.39, 0.29) is 41.0 Å². The highest BCUT2D eigenvalue weighted by atomic mass is 35.5. The van der Waals surface area contributed by atoms with Crippen LogP contribution in [0.3, 0.4) is 0 Å². The predicted molar refractivity (Wildman–Crippen MR) is 193 cm³/mol. The van der Waals surface area contributed by atoms with Gasteiger partial charge in [-0.2, -0.15) is 0 Å². The molecule has 1 saturated carbocycles. The van der Waals surface area contributed by atoms with Crippen LogP contribution in [0.2, 0.25) is 5.02 Å². The Morgan fingerprint density at radius 1 is 1.08 bits per heavy atom. The van der Waals surface area contributed by atoms with Gasteiger partial charge in [-0.3, -0.25) is 4.79 Å². The fourth-order valence-corrected chi connectivity index (χ4v) is 9.66. The van der Waals surface area contributed by atoms with Crippen LogP contribution in [0.5, 0.6) is 5.75 Å². The van der Waals surface area contributed by atoms with E-state index in [0.29, 0.717) is 49.2 Å². The van der Waals surface area contributed by atoms with Gasteiger partial charge in [0.15, 0.2) is 0 Å². The minimum absolute atomic E-state index is 0.0267. The first-order valence-corrected chi connectivity index (χ1v) is 19.9. The average molecular weight is 742 g/mol. The molecule has 11 nitrogen and oxygen atoms in total. The molecule has 3 heterocycles. The highest BCUT2D eigenvalue weighted by Gasteiger charge is 2.45. The van der Waals surface area contributed by atoms with Crippen molar-refractivity contribution >= 4 is 39.3 Å². The number of anilines is 1. The molecule has 1 spiro atoms. The molecule has 4 atom stereocenters. The van der Waals surface area contributed by atoms with Crippen molar-refractivity contribution < 1.29 is 37.0 Å². The van der Waals surface area contributed by atoms with Gasteiger partial charge < -0.3 is 28.7 Å². The summed E-state index contributed by atoms with van der Waals surface area (Å²) < 4.78 is 53.8. The summed E-state index contributed by atoms with van der Waals surface area (Å²) >= 11 is 6.45. The molecule has 2 fully saturated rings. The lowest BCUT2D eigenvalue weighted by Crippen LogP contribution is -2.50. The number of carbonyl (C=O) groups excluding carboxylic acids is 2. The Morgan fingerprint density at radius 3 is 2.63 bits per heavy atom. The number of rotatable bonds is 2.